The highest BCUT2D eigenvalue weighted by Crippen LogP contribution is 2.14. The van der Waals surface area contributed by atoms with Gasteiger partial charge in [0.1, 0.15) is 6.04 Å². The highest BCUT2D eigenvalue weighted by atomic mass is 16.2. The number of allylic oxidation sites excluding steroid dienone is 2. The van der Waals surface area contributed by atoms with Gasteiger partial charge in [0.25, 0.3) is 0 Å². The average molecular weight is 662 g/mol. The first kappa shape index (κ1) is 45.6. The van der Waals surface area contributed by atoms with Gasteiger partial charge in [0.2, 0.25) is 11.8 Å². The maximum absolute atomic E-state index is 13.0. The predicted molar refractivity (Wildman–Crippen MR) is 207 cm³/mol. The van der Waals surface area contributed by atoms with Crippen molar-refractivity contribution in [1.82, 2.24) is 15.5 Å². The molecule has 0 aliphatic rings. The van der Waals surface area contributed by atoms with Crippen LogP contribution in [0.25, 0.3) is 0 Å². The zero-order valence-electron chi connectivity index (χ0n) is 32.3. The van der Waals surface area contributed by atoms with Gasteiger partial charge < -0.3 is 15.5 Å². The molecule has 0 bridgehead atoms. The van der Waals surface area contributed by atoms with Gasteiger partial charge in [0, 0.05) is 13.0 Å². The molecule has 0 aromatic carbocycles. The summed E-state index contributed by atoms with van der Waals surface area (Å²) in [5.41, 5.74) is 0. The smallest absolute Gasteiger partial charge is 0.242 e. The molecule has 0 aliphatic carbocycles. The van der Waals surface area contributed by atoms with Crippen molar-refractivity contribution >= 4 is 11.8 Å². The monoisotopic (exact) mass is 662 g/mol. The Morgan fingerprint density at radius 1 is 0.532 bits per heavy atom. The van der Waals surface area contributed by atoms with Crippen LogP contribution in [0.15, 0.2) is 12.2 Å². The maximum Gasteiger partial charge on any atom is 0.242 e. The normalized spacial score (nSPS) is 12.3. The molecule has 278 valence electrons. The van der Waals surface area contributed by atoms with Crippen molar-refractivity contribution in [3.63, 3.8) is 0 Å². The standard InChI is InChI=1S/C42H83N3O2/c1-5-7-9-11-13-15-17-19-21-22-24-26-28-30-32-37-41(46)44-40(36-33-35-39-45(3)4)42(47)43-38-34-31-29-27-25-23-20-18-16-14-12-10-8-6-2/h19,21,40H,5-18,20,22-39H2,1-4H3,(H,43,47)(H,44,46)/b21-19+. The van der Waals surface area contributed by atoms with Crippen molar-refractivity contribution in [2.45, 2.75) is 219 Å². The van der Waals surface area contributed by atoms with Gasteiger partial charge in [0.05, 0.1) is 0 Å². The minimum Gasteiger partial charge on any atom is -0.354 e. The van der Waals surface area contributed by atoms with Gasteiger partial charge in [-0.3, -0.25) is 9.59 Å². The van der Waals surface area contributed by atoms with E-state index in [0.29, 0.717) is 6.42 Å². The molecular weight excluding hydrogens is 578 g/mol. The van der Waals surface area contributed by atoms with E-state index in [4.69, 9.17) is 0 Å². The summed E-state index contributed by atoms with van der Waals surface area (Å²) in [5.74, 6) is 0.0364. The summed E-state index contributed by atoms with van der Waals surface area (Å²) in [6, 6.07) is -0.403. The summed E-state index contributed by atoms with van der Waals surface area (Å²) in [6.07, 6.45) is 42.9. The summed E-state index contributed by atoms with van der Waals surface area (Å²) in [5, 5.41) is 6.22. The van der Waals surface area contributed by atoms with E-state index in [9.17, 15) is 9.59 Å². The van der Waals surface area contributed by atoms with Crippen molar-refractivity contribution in [3.05, 3.63) is 12.2 Å². The number of hydrogen-bond donors (Lipinski definition) is 2. The largest absolute Gasteiger partial charge is 0.354 e. The van der Waals surface area contributed by atoms with Crippen LogP contribution in [0.5, 0.6) is 0 Å². The third-order valence-corrected chi connectivity index (χ3v) is 9.50. The highest BCUT2D eigenvalue weighted by molar-refractivity contribution is 5.87. The molecule has 0 rings (SSSR count). The lowest BCUT2D eigenvalue weighted by atomic mass is 10.0. The Balaban J connectivity index is 4.00. The second-order valence-corrected chi connectivity index (χ2v) is 14.6. The lowest BCUT2D eigenvalue weighted by Crippen LogP contribution is -2.47. The number of carbonyl (C=O) groups excluding carboxylic acids is 2. The molecule has 0 heterocycles. The van der Waals surface area contributed by atoms with Crippen LogP contribution in [0, 0.1) is 0 Å². The first-order chi connectivity index (χ1) is 23.0. The Morgan fingerprint density at radius 3 is 1.43 bits per heavy atom. The van der Waals surface area contributed by atoms with Crippen molar-refractivity contribution in [2.75, 3.05) is 27.2 Å². The van der Waals surface area contributed by atoms with Gasteiger partial charge >= 0.3 is 0 Å². The first-order valence-electron chi connectivity index (χ1n) is 20.9. The molecule has 0 aromatic rings. The fourth-order valence-electron chi connectivity index (χ4n) is 6.32. The van der Waals surface area contributed by atoms with Crippen LogP contribution in [0.3, 0.4) is 0 Å². The van der Waals surface area contributed by atoms with Crippen LogP contribution in [-0.2, 0) is 9.59 Å². The molecule has 0 aliphatic heterocycles. The van der Waals surface area contributed by atoms with Crippen LogP contribution in [0.4, 0.5) is 0 Å². The number of rotatable bonds is 37. The number of amides is 2. The van der Waals surface area contributed by atoms with Crippen molar-refractivity contribution in [3.8, 4) is 0 Å². The molecule has 0 saturated carbocycles. The molecule has 5 nitrogen and oxygen atoms in total. The Hall–Kier alpha value is -1.36. The molecule has 0 saturated heterocycles. The second-order valence-electron chi connectivity index (χ2n) is 14.6. The lowest BCUT2D eigenvalue weighted by Gasteiger charge is -2.19. The van der Waals surface area contributed by atoms with E-state index in [1.165, 1.54) is 154 Å². The van der Waals surface area contributed by atoms with Gasteiger partial charge in [-0.2, -0.15) is 0 Å². The molecule has 5 heteroatoms. The third kappa shape index (κ3) is 35.8. The highest BCUT2D eigenvalue weighted by Gasteiger charge is 2.20. The first-order valence-corrected chi connectivity index (χ1v) is 20.9. The maximum atomic E-state index is 13.0. The summed E-state index contributed by atoms with van der Waals surface area (Å²) in [6.45, 7) is 6.28. The van der Waals surface area contributed by atoms with Gasteiger partial charge in [-0.1, -0.05) is 161 Å². The van der Waals surface area contributed by atoms with Crippen LogP contribution in [0.2, 0.25) is 0 Å². The summed E-state index contributed by atoms with van der Waals surface area (Å²) in [7, 11) is 4.16. The van der Waals surface area contributed by atoms with Crippen molar-refractivity contribution in [1.29, 1.82) is 0 Å². The quantitative estimate of drug-likeness (QED) is 0.0514. The molecular formula is C42H83N3O2. The van der Waals surface area contributed by atoms with Crippen LogP contribution < -0.4 is 10.6 Å². The SMILES string of the molecule is CCCCCCCC/C=C/CCCCCCCC(=O)NC(CCCCN(C)C)C(=O)NCCCCCCCCCCCCCCCC. The molecule has 0 aromatic heterocycles. The number of unbranched alkanes of at least 4 members (excludes halogenated alkanes) is 25. The number of hydrogen-bond acceptors (Lipinski definition) is 3. The lowest BCUT2D eigenvalue weighted by molar-refractivity contribution is -0.129. The minimum atomic E-state index is -0.403. The minimum absolute atomic E-state index is 0.00226. The van der Waals surface area contributed by atoms with Crippen molar-refractivity contribution < 1.29 is 9.59 Å². The number of nitrogens with zero attached hydrogens (tertiary/aromatic N) is 1. The van der Waals surface area contributed by atoms with E-state index in [-0.39, 0.29) is 11.8 Å². The zero-order valence-corrected chi connectivity index (χ0v) is 32.3. The fraction of sp³-hybridized carbons (Fsp3) is 0.905. The molecule has 47 heavy (non-hydrogen) atoms. The Bertz CT molecular complexity index is 693. The number of carbonyl (C=O) groups is 2. The van der Waals surface area contributed by atoms with Crippen LogP contribution in [0.1, 0.15) is 213 Å². The van der Waals surface area contributed by atoms with Crippen LogP contribution in [-0.4, -0.2) is 49.9 Å². The predicted octanol–water partition coefficient (Wildman–Crippen LogP) is 11.8. The second kappa shape index (κ2) is 37.5. The third-order valence-electron chi connectivity index (χ3n) is 9.50. The van der Waals surface area contributed by atoms with Gasteiger partial charge in [-0.05, 0) is 78.4 Å². The number of nitrogens with one attached hydrogen (secondary N) is 2. The van der Waals surface area contributed by atoms with Gasteiger partial charge in [-0.15, -0.1) is 0 Å². The average Bonchev–Trinajstić information content (AvgIpc) is 3.05. The Labute approximate surface area is 294 Å². The van der Waals surface area contributed by atoms with Crippen molar-refractivity contribution in [2.24, 2.45) is 0 Å². The van der Waals surface area contributed by atoms with Crippen LogP contribution >= 0.6 is 0 Å². The molecule has 0 spiro atoms. The van der Waals surface area contributed by atoms with E-state index >= 15 is 0 Å². The molecule has 2 amide bonds. The Kier molecular flexibility index (Phi) is 36.4. The molecule has 1 unspecified atom stereocenters. The molecule has 0 radical (unpaired) electrons. The summed E-state index contributed by atoms with van der Waals surface area (Å²) >= 11 is 0. The van der Waals surface area contributed by atoms with Gasteiger partial charge in [0.15, 0.2) is 0 Å². The van der Waals surface area contributed by atoms with E-state index in [1.54, 1.807) is 0 Å². The van der Waals surface area contributed by atoms with Gasteiger partial charge in [-0.25, -0.2) is 0 Å². The Morgan fingerprint density at radius 2 is 0.957 bits per heavy atom. The fourth-order valence-corrected chi connectivity index (χ4v) is 6.32. The van der Waals surface area contributed by atoms with E-state index in [2.05, 4.69) is 55.6 Å². The molecule has 1 atom stereocenters. The van der Waals surface area contributed by atoms with E-state index < -0.39 is 6.04 Å². The molecule has 2 N–H and O–H groups in total. The zero-order chi connectivity index (χ0) is 34.5. The van der Waals surface area contributed by atoms with E-state index in [0.717, 1.165) is 51.6 Å². The molecule has 0 fully saturated rings. The summed E-state index contributed by atoms with van der Waals surface area (Å²) in [4.78, 5) is 27.9. The topological polar surface area (TPSA) is 61.4 Å². The summed E-state index contributed by atoms with van der Waals surface area (Å²) < 4.78 is 0. The van der Waals surface area contributed by atoms with E-state index in [1.807, 2.05) is 0 Å².